The van der Waals surface area contributed by atoms with Gasteiger partial charge in [-0.2, -0.15) is 0 Å². The van der Waals surface area contributed by atoms with Crippen LogP contribution in [0.4, 0.5) is 5.69 Å². The van der Waals surface area contributed by atoms with Crippen LogP contribution in [0.5, 0.6) is 11.5 Å². The molecule has 4 rings (SSSR count). The van der Waals surface area contributed by atoms with E-state index in [-0.39, 0.29) is 10.8 Å². The first-order valence-corrected chi connectivity index (χ1v) is 9.77. The number of aromatic nitrogens is 1. The number of carbonyl (C=O) groups is 1. The van der Waals surface area contributed by atoms with Crippen LogP contribution in [0.3, 0.4) is 0 Å². The Morgan fingerprint density at radius 1 is 1.15 bits per heavy atom. The quantitative estimate of drug-likeness (QED) is 0.732. The molecule has 1 aliphatic rings. The van der Waals surface area contributed by atoms with Crippen molar-refractivity contribution in [3.63, 3.8) is 0 Å². The standard InChI is InChI=1S/C20H20N2O4S/c1-2-22-15-6-5-14(12-18(15)27-20(22)24)21-19(23)8-4-13-3-7-16-17(11-13)26-10-9-25-16/h3,5-7,11-12H,2,4,8-10H2,1H3,(H,21,23). The molecular formula is C20H20N2O4S. The zero-order valence-electron chi connectivity index (χ0n) is 15.0. The summed E-state index contributed by atoms with van der Waals surface area (Å²) in [5.41, 5.74) is 2.64. The van der Waals surface area contributed by atoms with Crippen molar-refractivity contribution < 1.29 is 14.3 Å². The van der Waals surface area contributed by atoms with Gasteiger partial charge in [0, 0.05) is 18.7 Å². The summed E-state index contributed by atoms with van der Waals surface area (Å²) in [6.07, 6.45) is 0.980. The maximum Gasteiger partial charge on any atom is 0.308 e. The highest BCUT2D eigenvalue weighted by atomic mass is 32.1. The SMILES string of the molecule is CCn1c(=O)sc2cc(NC(=O)CCc3ccc4c(c3)OCCO4)ccc21. The zero-order valence-corrected chi connectivity index (χ0v) is 15.8. The number of nitrogens with zero attached hydrogens (tertiary/aromatic N) is 1. The molecule has 0 atom stereocenters. The van der Waals surface area contributed by atoms with E-state index < -0.39 is 0 Å². The minimum atomic E-state index is -0.0634. The highest BCUT2D eigenvalue weighted by Gasteiger charge is 2.13. The molecule has 0 aliphatic carbocycles. The van der Waals surface area contributed by atoms with Crippen molar-refractivity contribution in [1.82, 2.24) is 4.57 Å². The number of carbonyl (C=O) groups excluding carboxylic acids is 1. The molecule has 0 saturated heterocycles. The number of benzene rings is 2. The Labute approximate surface area is 160 Å². The van der Waals surface area contributed by atoms with Gasteiger partial charge in [-0.3, -0.25) is 14.2 Å². The minimum Gasteiger partial charge on any atom is -0.486 e. The van der Waals surface area contributed by atoms with E-state index in [4.69, 9.17) is 9.47 Å². The van der Waals surface area contributed by atoms with Crippen molar-refractivity contribution in [3.05, 3.63) is 51.6 Å². The van der Waals surface area contributed by atoms with Crippen LogP contribution in [0.2, 0.25) is 0 Å². The van der Waals surface area contributed by atoms with E-state index in [0.717, 1.165) is 27.3 Å². The summed E-state index contributed by atoms with van der Waals surface area (Å²) in [4.78, 5) is 24.3. The van der Waals surface area contributed by atoms with E-state index in [0.29, 0.717) is 38.3 Å². The number of rotatable bonds is 5. The number of aryl methyl sites for hydroxylation is 2. The number of hydrogen-bond donors (Lipinski definition) is 1. The Morgan fingerprint density at radius 2 is 1.96 bits per heavy atom. The van der Waals surface area contributed by atoms with Crippen LogP contribution in [0, 0.1) is 0 Å². The highest BCUT2D eigenvalue weighted by molar-refractivity contribution is 7.16. The molecule has 6 nitrogen and oxygen atoms in total. The van der Waals surface area contributed by atoms with Crippen molar-refractivity contribution in [2.24, 2.45) is 0 Å². The molecule has 0 bridgehead atoms. The number of nitrogens with one attached hydrogen (secondary N) is 1. The van der Waals surface area contributed by atoms with Crippen LogP contribution in [0.15, 0.2) is 41.2 Å². The third kappa shape index (κ3) is 3.68. The van der Waals surface area contributed by atoms with Gasteiger partial charge < -0.3 is 14.8 Å². The zero-order chi connectivity index (χ0) is 18.8. The Morgan fingerprint density at radius 3 is 2.78 bits per heavy atom. The first-order chi connectivity index (χ1) is 13.1. The Bertz CT molecular complexity index is 1050. The first kappa shape index (κ1) is 17.6. The van der Waals surface area contributed by atoms with Crippen molar-refractivity contribution in [2.45, 2.75) is 26.3 Å². The van der Waals surface area contributed by atoms with Crippen LogP contribution in [0.25, 0.3) is 10.2 Å². The van der Waals surface area contributed by atoms with E-state index in [9.17, 15) is 9.59 Å². The van der Waals surface area contributed by atoms with Gasteiger partial charge in [-0.25, -0.2) is 0 Å². The van der Waals surface area contributed by atoms with Gasteiger partial charge in [0.25, 0.3) is 0 Å². The van der Waals surface area contributed by atoms with Crippen LogP contribution in [-0.2, 0) is 17.8 Å². The lowest BCUT2D eigenvalue weighted by Crippen LogP contribution is -2.15. The first-order valence-electron chi connectivity index (χ1n) is 8.96. The van der Waals surface area contributed by atoms with Crippen molar-refractivity contribution in [3.8, 4) is 11.5 Å². The number of fused-ring (bicyclic) bond motifs is 2. The fraction of sp³-hybridized carbons (Fsp3) is 0.300. The smallest absolute Gasteiger partial charge is 0.308 e. The third-order valence-electron chi connectivity index (χ3n) is 4.52. The Kier molecular flexibility index (Phi) is 4.85. The van der Waals surface area contributed by atoms with Crippen LogP contribution in [-0.4, -0.2) is 23.7 Å². The third-order valence-corrected chi connectivity index (χ3v) is 5.46. The van der Waals surface area contributed by atoms with Gasteiger partial charge in [-0.1, -0.05) is 17.4 Å². The predicted octanol–water partition coefficient (Wildman–Crippen LogP) is 3.43. The lowest BCUT2D eigenvalue weighted by molar-refractivity contribution is -0.116. The van der Waals surface area contributed by atoms with E-state index >= 15 is 0 Å². The molecule has 1 N–H and O–H groups in total. The molecule has 27 heavy (non-hydrogen) atoms. The maximum absolute atomic E-state index is 12.3. The summed E-state index contributed by atoms with van der Waals surface area (Å²) >= 11 is 1.20. The number of amides is 1. The average molecular weight is 384 g/mol. The van der Waals surface area contributed by atoms with Gasteiger partial charge in [0.05, 0.1) is 10.2 Å². The summed E-state index contributed by atoms with van der Waals surface area (Å²) in [6.45, 7) is 3.70. The molecule has 0 saturated carbocycles. The molecule has 3 aromatic rings. The molecule has 0 radical (unpaired) electrons. The van der Waals surface area contributed by atoms with Gasteiger partial charge in [0.1, 0.15) is 13.2 Å². The summed E-state index contributed by atoms with van der Waals surface area (Å²) < 4.78 is 13.7. The summed E-state index contributed by atoms with van der Waals surface area (Å²) in [5, 5.41) is 2.91. The fourth-order valence-electron chi connectivity index (χ4n) is 3.17. The molecule has 1 aromatic heterocycles. The van der Waals surface area contributed by atoms with Crippen molar-refractivity contribution in [1.29, 1.82) is 0 Å². The monoisotopic (exact) mass is 384 g/mol. The summed E-state index contributed by atoms with van der Waals surface area (Å²) in [6, 6.07) is 11.3. The lowest BCUT2D eigenvalue weighted by atomic mass is 10.1. The Balaban J connectivity index is 1.40. The molecule has 1 amide bonds. The molecule has 2 heterocycles. The van der Waals surface area contributed by atoms with E-state index in [1.807, 2.05) is 43.3 Å². The maximum atomic E-state index is 12.3. The molecule has 0 unspecified atom stereocenters. The second-order valence-electron chi connectivity index (χ2n) is 6.32. The number of hydrogen-bond acceptors (Lipinski definition) is 5. The Hall–Kier alpha value is -2.80. The number of ether oxygens (including phenoxy) is 2. The van der Waals surface area contributed by atoms with Gasteiger partial charge in [-0.05, 0) is 49.2 Å². The van der Waals surface area contributed by atoms with Gasteiger partial charge in [-0.15, -0.1) is 0 Å². The van der Waals surface area contributed by atoms with E-state index in [1.165, 1.54) is 11.3 Å². The minimum absolute atomic E-state index is 0.0228. The lowest BCUT2D eigenvalue weighted by Gasteiger charge is -2.18. The summed E-state index contributed by atoms with van der Waals surface area (Å²) in [7, 11) is 0. The molecular weight excluding hydrogens is 364 g/mol. The van der Waals surface area contributed by atoms with Crippen LogP contribution >= 0.6 is 11.3 Å². The molecule has 140 valence electrons. The van der Waals surface area contributed by atoms with Gasteiger partial charge >= 0.3 is 4.87 Å². The molecule has 7 heteroatoms. The average Bonchev–Trinajstić information content (AvgIpc) is 3.00. The topological polar surface area (TPSA) is 69.6 Å². The number of thiazole rings is 1. The summed E-state index contributed by atoms with van der Waals surface area (Å²) in [5.74, 6) is 1.42. The van der Waals surface area contributed by atoms with E-state index in [2.05, 4.69) is 5.32 Å². The molecule has 0 spiro atoms. The predicted molar refractivity (Wildman–Crippen MR) is 106 cm³/mol. The number of anilines is 1. The normalized spacial score (nSPS) is 12.9. The molecule has 1 aliphatic heterocycles. The highest BCUT2D eigenvalue weighted by Crippen LogP contribution is 2.31. The largest absolute Gasteiger partial charge is 0.486 e. The van der Waals surface area contributed by atoms with Crippen LogP contribution < -0.4 is 19.7 Å². The van der Waals surface area contributed by atoms with Crippen molar-refractivity contribution >= 4 is 33.1 Å². The van der Waals surface area contributed by atoms with Crippen molar-refractivity contribution in [2.75, 3.05) is 18.5 Å². The van der Waals surface area contributed by atoms with Crippen LogP contribution in [0.1, 0.15) is 18.9 Å². The van der Waals surface area contributed by atoms with E-state index in [1.54, 1.807) is 4.57 Å². The van der Waals surface area contributed by atoms with Gasteiger partial charge in [0.2, 0.25) is 5.91 Å². The van der Waals surface area contributed by atoms with Gasteiger partial charge in [0.15, 0.2) is 11.5 Å². The molecule has 2 aromatic carbocycles. The molecule has 0 fully saturated rings. The fourth-order valence-corrected chi connectivity index (χ4v) is 4.16. The second-order valence-corrected chi connectivity index (χ2v) is 7.31. The second kappa shape index (κ2) is 7.44.